The van der Waals surface area contributed by atoms with E-state index >= 15 is 0 Å². The van der Waals surface area contributed by atoms with Crippen LogP contribution in [-0.4, -0.2) is 59.7 Å². The molecular weight excluding hydrogens is 380 g/mol. The molecule has 1 saturated heterocycles. The molecule has 1 aromatic rings. The van der Waals surface area contributed by atoms with Gasteiger partial charge in [0.05, 0.1) is 18.1 Å². The van der Waals surface area contributed by atoms with Crippen LogP contribution >= 0.6 is 11.8 Å². The smallest absolute Gasteiger partial charge is 0.294 e. The molecule has 0 aliphatic carbocycles. The van der Waals surface area contributed by atoms with Crippen molar-refractivity contribution in [3.05, 3.63) is 28.7 Å². The molecule has 152 valence electrons. The molecule has 1 heterocycles. The van der Waals surface area contributed by atoms with Gasteiger partial charge >= 0.3 is 0 Å². The highest BCUT2D eigenvalue weighted by atomic mass is 32.2. The number of carbonyl (C=O) groups is 3. The highest BCUT2D eigenvalue weighted by molar-refractivity contribution is 8.18. The Kier molecular flexibility index (Phi) is 7.92. The summed E-state index contributed by atoms with van der Waals surface area (Å²) in [6, 6.07) is 5.32. The predicted octanol–water partition coefficient (Wildman–Crippen LogP) is 3.39. The fraction of sp³-hybridized carbons (Fsp3) is 0.450. The Hall–Kier alpha value is -2.48. The van der Waals surface area contributed by atoms with Crippen molar-refractivity contribution in [2.75, 3.05) is 32.8 Å². The van der Waals surface area contributed by atoms with Gasteiger partial charge in [0.1, 0.15) is 18.0 Å². The highest BCUT2D eigenvalue weighted by Crippen LogP contribution is 2.35. The number of carbonyl (C=O) groups excluding carboxylic acids is 3. The number of ether oxygens (including phenoxy) is 2. The van der Waals surface area contributed by atoms with E-state index in [0.29, 0.717) is 43.4 Å². The molecule has 0 atom stereocenters. The molecule has 3 amide bonds. The zero-order chi connectivity index (χ0) is 20.7. The van der Waals surface area contributed by atoms with Crippen LogP contribution in [0.3, 0.4) is 0 Å². The van der Waals surface area contributed by atoms with E-state index in [4.69, 9.17) is 9.47 Å². The van der Waals surface area contributed by atoms with Gasteiger partial charge in [-0.25, -0.2) is 0 Å². The van der Waals surface area contributed by atoms with Crippen molar-refractivity contribution in [2.45, 2.75) is 27.7 Å². The summed E-state index contributed by atoms with van der Waals surface area (Å²) < 4.78 is 11.1. The lowest BCUT2D eigenvalue weighted by molar-refractivity contribution is -0.135. The molecule has 0 N–H and O–H groups in total. The minimum absolute atomic E-state index is 0.245. The van der Waals surface area contributed by atoms with E-state index < -0.39 is 11.1 Å². The second-order valence-corrected chi connectivity index (χ2v) is 6.89. The van der Waals surface area contributed by atoms with E-state index in [9.17, 15) is 14.4 Å². The number of amides is 3. The van der Waals surface area contributed by atoms with Crippen molar-refractivity contribution in [1.29, 1.82) is 0 Å². The first kappa shape index (κ1) is 21.8. The molecule has 0 aromatic heterocycles. The van der Waals surface area contributed by atoms with Crippen LogP contribution in [0.5, 0.6) is 11.5 Å². The highest BCUT2D eigenvalue weighted by Gasteiger charge is 2.37. The van der Waals surface area contributed by atoms with Crippen LogP contribution < -0.4 is 9.47 Å². The zero-order valence-corrected chi connectivity index (χ0v) is 17.5. The molecule has 0 spiro atoms. The van der Waals surface area contributed by atoms with E-state index in [-0.39, 0.29) is 17.4 Å². The number of imide groups is 1. The third-order valence-corrected chi connectivity index (χ3v) is 5.07. The van der Waals surface area contributed by atoms with Crippen molar-refractivity contribution in [3.8, 4) is 11.5 Å². The monoisotopic (exact) mass is 406 g/mol. The number of hydrogen-bond acceptors (Lipinski definition) is 6. The number of likely N-dealkylation sites (N-methyl/N-ethyl adjacent to an activating group) is 1. The summed E-state index contributed by atoms with van der Waals surface area (Å²) in [5.41, 5.74) is 0.672. The van der Waals surface area contributed by atoms with Crippen molar-refractivity contribution in [3.63, 3.8) is 0 Å². The Morgan fingerprint density at radius 3 is 2.39 bits per heavy atom. The first-order chi connectivity index (χ1) is 13.4. The number of benzene rings is 1. The van der Waals surface area contributed by atoms with Gasteiger partial charge in [0.25, 0.3) is 11.1 Å². The predicted molar refractivity (Wildman–Crippen MR) is 109 cm³/mol. The lowest BCUT2D eigenvalue weighted by atomic mass is 10.1. The second-order valence-electron chi connectivity index (χ2n) is 5.90. The maximum atomic E-state index is 12.7. The Bertz CT molecular complexity index is 774. The summed E-state index contributed by atoms with van der Waals surface area (Å²) in [5, 5.41) is -0.444. The van der Waals surface area contributed by atoms with Gasteiger partial charge in [-0.1, -0.05) is 0 Å². The van der Waals surface area contributed by atoms with Crippen LogP contribution in [0.2, 0.25) is 0 Å². The van der Waals surface area contributed by atoms with E-state index in [1.165, 1.54) is 0 Å². The maximum Gasteiger partial charge on any atom is 0.294 e. The van der Waals surface area contributed by atoms with Crippen LogP contribution in [0, 0.1) is 0 Å². The Morgan fingerprint density at radius 2 is 1.79 bits per heavy atom. The normalized spacial score (nSPS) is 15.3. The van der Waals surface area contributed by atoms with Gasteiger partial charge in [-0.2, -0.15) is 0 Å². The number of nitrogens with zero attached hydrogens (tertiary/aromatic N) is 2. The fourth-order valence-electron chi connectivity index (χ4n) is 2.76. The Morgan fingerprint density at radius 1 is 1.11 bits per heavy atom. The molecule has 1 aliphatic rings. The van der Waals surface area contributed by atoms with Gasteiger partial charge in [-0.15, -0.1) is 0 Å². The number of thioether (sulfide) groups is 1. The molecule has 2 rings (SSSR count). The van der Waals surface area contributed by atoms with Crippen molar-refractivity contribution < 1.29 is 23.9 Å². The summed E-state index contributed by atoms with van der Waals surface area (Å²) >= 11 is 0.828. The number of hydrogen-bond donors (Lipinski definition) is 0. The molecular formula is C20H26N2O5S. The SMILES string of the molecule is CCOc1ccc(/C=C2\SC(=O)N(CC(=O)N(CC)CC)C2=O)c(OCC)c1. The summed E-state index contributed by atoms with van der Waals surface area (Å²) in [6.45, 7) is 9.28. The third kappa shape index (κ3) is 5.07. The topological polar surface area (TPSA) is 76.2 Å². The van der Waals surface area contributed by atoms with Gasteiger partial charge in [-0.05, 0) is 57.7 Å². The molecule has 1 fully saturated rings. The molecule has 1 aliphatic heterocycles. The van der Waals surface area contributed by atoms with E-state index in [0.717, 1.165) is 16.7 Å². The summed E-state index contributed by atoms with van der Waals surface area (Å²) in [4.78, 5) is 40.1. The van der Waals surface area contributed by atoms with Crippen LogP contribution in [-0.2, 0) is 9.59 Å². The average Bonchev–Trinajstić information content (AvgIpc) is 2.93. The molecule has 8 heteroatoms. The van der Waals surface area contributed by atoms with Crippen LogP contribution in [0.15, 0.2) is 23.1 Å². The second kappa shape index (κ2) is 10.2. The zero-order valence-electron chi connectivity index (χ0n) is 16.7. The molecule has 7 nitrogen and oxygen atoms in total. The van der Waals surface area contributed by atoms with Crippen LogP contribution in [0.25, 0.3) is 6.08 Å². The van der Waals surface area contributed by atoms with Crippen LogP contribution in [0.4, 0.5) is 4.79 Å². The average molecular weight is 407 g/mol. The largest absolute Gasteiger partial charge is 0.494 e. The van der Waals surface area contributed by atoms with Crippen molar-refractivity contribution in [1.82, 2.24) is 9.80 Å². The quantitative estimate of drug-likeness (QED) is 0.585. The third-order valence-electron chi connectivity index (χ3n) is 4.17. The van der Waals surface area contributed by atoms with Gasteiger partial charge in [0, 0.05) is 24.7 Å². The minimum atomic E-state index is -0.466. The van der Waals surface area contributed by atoms with Gasteiger partial charge in [-0.3, -0.25) is 19.3 Å². The fourth-order valence-corrected chi connectivity index (χ4v) is 3.59. The summed E-state index contributed by atoms with van der Waals surface area (Å²) in [6.07, 6.45) is 1.62. The van der Waals surface area contributed by atoms with Crippen LogP contribution in [0.1, 0.15) is 33.3 Å². The molecule has 0 radical (unpaired) electrons. The standard InChI is InChI=1S/C20H26N2O5S/c1-5-21(6-2)18(23)13-22-19(24)17(28-20(22)25)11-14-9-10-15(26-7-3)12-16(14)27-8-4/h9-12H,5-8,13H2,1-4H3/b17-11-. The lowest BCUT2D eigenvalue weighted by Crippen LogP contribution is -2.41. The van der Waals surface area contributed by atoms with Gasteiger partial charge in [0.2, 0.25) is 5.91 Å². The summed E-state index contributed by atoms with van der Waals surface area (Å²) in [7, 11) is 0. The Balaban J connectivity index is 2.24. The molecule has 1 aromatic carbocycles. The lowest BCUT2D eigenvalue weighted by Gasteiger charge is -2.21. The Labute approximate surface area is 169 Å². The maximum absolute atomic E-state index is 12.7. The first-order valence-corrected chi connectivity index (χ1v) is 10.2. The molecule has 0 bridgehead atoms. The summed E-state index contributed by atoms with van der Waals surface area (Å²) in [5.74, 6) is 0.525. The van der Waals surface area contributed by atoms with E-state index in [2.05, 4.69) is 0 Å². The minimum Gasteiger partial charge on any atom is -0.494 e. The number of rotatable bonds is 9. The van der Waals surface area contributed by atoms with Crippen molar-refractivity contribution in [2.24, 2.45) is 0 Å². The van der Waals surface area contributed by atoms with Gasteiger partial charge in [0.15, 0.2) is 0 Å². The molecule has 28 heavy (non-hydrogen) atoms. The first-order valence-electron chi connectivity index (χ1n) is 9.37. The molecule has 0 unspecified atom stereocenters. The van der Waals surface area contributed by atoms with E-state index in [1.54, 1.807) is 29.2 Å². The van der Waals surface area contributed by atoms with E-state index in [1.807, 2.05) is 27.7 Å². The van der Waals surface area contributed by atoms with Crippen molar-refractivity contribution >= 4 is 34.9 Å². The molecule has 0 saturated carbocycles. The van der Waals surface area contributed by atoms with Gasteiger partial charge < -0.3 is 14.4 Å².